The van der Waals surface area contributed by atoms with Crippen molar-refractivity contribution in [1.29, 1.82) is 0 Å². The zero-order valence-corrected chi connectivity index (χ0v) is 12.1. The van der Waals surface area contributed by atoms with Gasteiger partial charge in [-0.1, -0.05) is 26.2 Å². The molecular formula is C13H26N2O3. The molecule has 0 aliphatic heterocycles. The number of hydrogen-bond donors (Lipinski definition) is 2. The molecule has 0 aliphatic carbocycles. The van der Waals surface area contributed by atoms with Crippen molar-refractivity contribution in [2.24, 2.45) is 0 Å². The molecule has 2 N–H and O–H groups in total. The van der Waals surface area contributed by atoms with Crippen LogP contribution in [0.5, 0.6) is 0 Å². The van der Waals surface area contributed by atoms with Crippen LogP contribution in [0.1, 0.15) is 53.4 Å². The molecule has 0 bridgehead atoms. The molecule has 2 amide bonds. The van der Waals surface area contributed by atoms with E-state index < -0.39 is 11.5 Å². The molecule has 0 radical (unpaired) electrons. The van der Waals surface area contributed by atoms with Crippen molar-refractivity contribution in [2.75, 3.05) is 7.05 Å². The van der Waals surface area contributed by atoms with Crippen LogP contribution in [-0.2, 0) is 4.79 Å². The number of carboxylic acids is 1. The zero-order valence-electron chi connectivity index (χ0n) is 12.1. The summed E-state index contributed by atoms with van der Waals surface area (Å²) in [7, 11) is 1.50. The van der Waals surface area contributed by atoms with Crippen molar-refractivity contribution in [3.63, 3.8) is 0 Å². The topological polar surface area (TPSA) is 69.6 Å². The number of amides is 2. The highest BCUT2D eigenvalue weighted by molar-refractivity contribution is 5.85. The number of carbonyl (C=O) groups is 2. The zero-order chi connectivity index (χ0) is 14.3. The van der Waals surface area contributed by atoms with E-state index in [1.54, 1.807) is 0 Å². The molecule has 0 fully saturated rings. The number of urea groups is 1. The summed E-state index contributed by atoms with van der Waals surface area (Å²) in [5.41, 5.74) is -1.20. The third kappa shape index (κ3) is 4.94. The van der Waals surface area contributed by atoms with Gasteiger partial charge in [0.15, 0.2) is 0 Å². The second-order valence-electron chi connectivity index (χ2n) is 5.27. The van der Waals surface area contributed by atoms with Gasteiger partial charge in [0.25, 0.3) is 0 Å². The minimum absolute atomic E-state index is 0.0658. The number of rotatable bonds is 7. The fourth-order valence-electron chi connectivity index (χ4n) is 1.48. The molecule has 1 atom stereocenters. The van der Waals surface area contributed by atoms with Gasteiger partial charge in [0, 0.05) is 13.1 Å². The van der Waals surface area contributed by atoms with E-state index in [0.29, 0.717) is 0 Å². The summed E-state index contributed by atoms with van der Waals surface area (Å²) < 4.78 is 0. The first-order chi connectivity index (χ1) is 8.23. The Labute approximate surface area is 110 Å². The molecule has 106 valence electrons. The number of aliphatic carboxylic acids is 1. The SMILES string of the molecule is CCCCCC(C)NC(=O)N(C)C(C)(C)C(=O)O. The second-order valence-corrected chi connectivity index (χ2v) is 5.27. The molecule has 0 aromatic rings. The van der Waals surface area contributed by atoms with Gasteiger partial charge >= 0.3 is 12.0 Å². The van der Waals surface area contributed by atoms with Crippen LogP contribution in [0.3, 0.4) is 0 Å². The van der Waals surface area contributed by atoms with E-state index >= 15 is 0 Å². The Hall–Kier alpha value is -1.26. The van der Waals surface area contributed by atoms with Crippen molar-refractivity contribution < 1.29 is 14.7 Å². The smallest absolute Gasteiger partial charge is 0.329 e. The molecule has 0 saturated carbocycles. The van der Waals surface area contributed by atoms with Crippen LogP contribution in [0.25, 0.3) is 0 Å². The summed E-state index contributed by atoms with van der Waals surface area (Å²) >= 11 is 0. The number of unbranched alkanes of at least 4 members (excludes halogenated alkanes) is 2. The van der Waals surface area contributed by atoms with E-state index in [1.807, 2.05) is 6.92 Å². The maximum atomic E-state index is 11.9. The van der Waals surface area contributed by atoms with Crippen LogP contribution >= 0.6 is 0 Å². The predicted octanol–water partition coefficient (Wildman–Crippen LogP) is 2.46. The molecule has 0 rings (SSSR count). The van der Waals surface area contributed by atoms with E-state index in [0.717, 1.165) is 25.7 Å². The van der Waals surface area contributed by atoms with Gasteiger partial charge in [0.05, 0.1) is 0 Å². The van der Waals surface area contributed by atoms with Gasteiger partial charge in [0.1, 0.15) is 5.54 Å². The van der Waals surface area contributed by atoms with Crippen molar-refractivity contribution in [3.8, 4) is 0 Å². The third-order valence-corrected chi connectivity index (χ3v) is 3.28. The van der Waals surface area contributed by atoms with E-state index in [9.17, 15) is 9.59 Å². The number of hydrogen-bond acceptors (Lipinski definition) is 2. The summed E-state index contributed by atoms with van der Waals surface area (Å²) in [6.45, 7) is 7.09. The number of carbonyl (C=O) groups excluding carboxylic acids is 1. The molecule has 5 nitrogen and oxygen atoms in total. The lowest BCUT2D eigenvalue weighted by atomic mass is 10.0. The van der Waals surface area contributed by atoms with Crippen LogP contribution < -0.4 is 5.32 Å². The predicted molar refractivity (Wildman–Crippen MR) is 71.6 cm³/mol. The minimum Gasteiger partial charge on any atom is -0.480 e. The van der Waals surface area contributed by atoms with Gasteiger partial charge in [-0.25, -0.2) is 9.59 Å². The molecule has 0 aromatic carbocycles. The Bertz CT molecular complexity index is 290. The van der Waals surface area contributed by atoms with Crippen molar-refractivity contribution in [3.05, 3.63) is 0 Å². The Balaban J connectivity index is 4.27. The first kappa shape index (κ1) is 16.7. The van der Waals surface area contributed by atoms with Crippen LogP contribution in [0, 0.1) is 0 Å². The number of nitrogens with one attached hydrogen (secondary N) is 1. The van der Waals surface area contributed by atoms with Crippen LogP contribution in [0.2, 0.25) is 0 Å². The van der Waals surface area contributed by atoms with E-state index in [2.05, 4.69) is 12.2 Å². The molecule has 0 aromatic heterocycles. The normalized spacial score (nSPS) is 12.9. The summed E-state index contributed by atoms with van der Waals surface area (Å²) in [4.78, 5) is 24.2. The van der Waals surface area contributed by atoms with Crippen LogP contribution in [-0.4, -0.2) is 40.6 Å². The maximum absolute atomic E-state index is 11.9. The lowest BCUT2D eigenvalue weighted by Crippen LogP contribution is -2.55. The summed E-state index contributed by atoms with van der Waals surface area (Å²) in [5, 5.41) is 11.9. The quantitative estimate of drug-likeness (QED) is 0.689. The van der Waals surface area contributed by atoms with E-state index in [1.165, 1.54) is 25.8 Å². The number of nitrogens with zero attached hydrogens (tertiary/aromatic N) is 1. The summed E-state index contributed by atoms with van der Waals surface area (Å²) in [6, 6.07) is -0.275. The average molecular weight is 258 g/mol. The minimum atomic E-state index is -1.20. The standard InChI is InChI=1S/C13H26N2O3/c1-6-7-8-9-10(2)14-12(18)15(5)13(3,4)11(16)17/h10H,6-9H2,1-5H3,(H,14,18)(H,16,17). The first-order valence-electron chi connectivity index (χ1n) is 6.51. The molecule has 18 heavy (non-hydrogen) atoms. The third-order valence-electron chi connectivity index (χ3n) is 3.28. The average Bonchev–Trinajstić information content (AvgIpc) is 2.27. The van der Waals surface area contributed by atoms with E-state index in [-0.39, 0.29) is 12.1 Å². The summed E-state index contributed by atoms with van der Waals surface area (Å²) in [5.74, 6) is -1.02. The highest BCUT2D eigenvalue weighted by Crippen LogP contribution is 2.13. The Morgan fingerprint density at radius 3 is 2.33 bits per heavy atom. The molecular weight excluding hydrogens is 232 g/mol. The van der Waals surface area contributed by atoms with Gasteiger partial charge < -0.3 is 15.3 Å². The Kier molecular flexibility index (Phi) is 6.73. The van der Waals surface area contributed by atoms with E-state index in [4.69, 9.17) is 5.11 Å². The Morgan fingerprint density at radius 2 is 1.89 bits per heavy atom. The van der Waals surface area contributed by atoms with Crippen LogP contribution in [0.4, 0.5) is 4.79 Å². The van der Waals surface area contributed by atoms with Crippen molar-refractivity contribution >= 4 is 12.0 Å². The first-order valence-corrected chi connectivity index (χ1v) is 6.51. The fourth-order valence-corrected chi connectivity index (χ4v) is 1.48. The molecule has 0 heterocycles. The Morgan fingerprint density at radius 1 is 1.33 bits per heavy atom. The lowest BCUT2D eigenvalue weighted by Gasteiger charge is -2.32. The highest BCUT2D eigenvalue weighted by Gasteiger charge is 2.35. The fraction of sp³-hybridized carbons (Fsp3) is 0.846. The van der Waals surface area contributed by atoms with Gasteiger partial charge in [-0.3, -0.25) is 0 Å². The lowest BCUT2D eigenvalue weighted by molar-refractivity contribution is -0.146. The molecule has 0 saturated heterocycles. The maximum Gasteiger partial charge on any atom is 0.329 e. The number of carboxylic acid groups (broad SMARTS) is 1. The van der Waals surface area contributed by atoms with Crippen molar-refractivity contribution in [2.45, 2.75) is 65.0 Å². The molecule has 5 heteroatoms. The van der Waals surface area contributed by atoms with Gasteiger partial charge in [-0.05, 0) is 27.2 Å². The van der Waals surface area contributed by atoms with Gasteiger partial charge in [-0.15, -0.1) is 0 Å². The van der Waals surface area contributed by atoms with Gasteiger partial charge in [-0.2, -0.15) is 0 Å². The van der Waals surface area contributed by atoms with Crippen LogP contribution in [0.15, 0.2) is 0 Å². The molecule has 1 unspecified atom stereocenters. The van der Waals surface area contributed by atoms with Gasteiger partial charge in [0.2, 0.25) is 0 Å². The summed E-state index contributed by atoms with van der Waals surface area (Å²) in [6.07, 6.45) is 4.29. The molecule has 0 aliphatic rings. The monoisotopic (exact) mass is 258 g/mol. The number of likely N-dealkylation sites (N-methyl/N-ethyl adjacent to an activating group) is 1. The molecule has 0 spiro atoms. The second kappa shape index (κ2) is 7.24. The van der Waals surface area contributed by atoms with Crippen molar-refractivity contribution in [1.82, 2.24) is 10.2 Å². The highest BCUT2D eigenvalue weighted by atomic mass is 16.4. The largest absolute Gasteiger partial charge is 0.480 e.